The molecule has 4 nitrogen and oxygen atoms in total. The van der Waals surface area contributed by atoms with Gasteiger partial charge in [0.25, 0.3) is 10.0 Å². The van der Waals surface area contributed by atoms with Crippen molar-refractivity contribution in [1.29, 1.82) is 0 Å². The largest absolute Gasteiger partial charge is 0.398 e. The summed E-state index contributed by atoms with van der Waals surface area (Å²) in [6, 6.07) is 8.40. The number of nitrogens with one attached hydrogen (secondary N) is 1. The summed E-state index contributed by atoms with van der Waals surface area (Å²) in [4.78, 5) is 0.0413. The number of hydrogen-bond donors (Lipinski definition) is 2. The summed E-state index contributed by atoms with van der Waals surface area (Å²) in [7, 11) is -3.78. The first kappa shape index (κ1) is 14.8. The lowest BCUT2D eigenvalue weighted by molar-refractivity contribution is 0.601. The molecule has 106 valence electrons. The van der Waals surface area contributed by atoms with Crippen molar-refractivity contribution in [3.63, 3.8) is 0 Å². The van der Waals surface area contributed by atoms with Crippen molar-refractivity contribution >= 4 is 37.3 Å². The predicted molar refractivity (Wildman–Crippen MR) is 80.5 cm³/mol. The summed E-state index contributed by atoms with van der Waals surface area (Å²) in [5, 5.41) is 0. The molecule has 0 bridgehead atoms. The molecule has 0 radical (unpaired) electrons. The molecule has 0 aliphatic carbocycles. The Balaban J connectivity index is 2.35. The van der Waals surface area contributed by atoms with Crippen LogP contribution in [0, 0.1) is 12.7 Å². The molecule has 0 spiro atoms. The second kappa shape index (κ2) is 5.41. The Hall–Kier alpha value is -1.60. The number of sulfonamides is 1. The van der Waals surface area contributed by atoms with E-state index >= 15 is 0 Å². The fraction of sp³-hybridized carbons (Fsp3) is 0.0769. The maximum Gasteiger partial charge on any atom is 0.261 e. The lowest BCUT2D eigenvalue weighted by atomic mass is 10.2. The molecule has 0 atom stereocenters. The number of hydrogen-bond acceptors (Lipinski definition) is 3. The second-order valence-electron chi connectivity index (χ2n) is 4.25. The van der Waals surface area contributed by atoms with Gasteiger partial charge < -0.3 is 5.73 Å². The summed E-state index contributed by atoms with van der Waals surface area (Å²) >= 11 is 3.17. The highest BCUT2D eigenvalue weighted by Gasteiger charge is 2.15. The molecule has 0 saturated carbocycles. The average molecular weight is 359 g/mol. The summed E-state index contributed by atoms with van der Waals surface area (Å²) < 4.78 is 40.5. The minimum Gasteiger partial charge on any atom is -0.398 e. The van der Waals surface area contributed by atoms with Crippen molar-refractivity contribution in [1.82, 2.24) is 0 Å². The zero-order valence-corrected chi connectivity index (χ0v) is 12.9. The molecule has 2 rings (SSSR count). The van der Waals surface area contributed by atoms with Crippen LogP contribution in [0.3, 0.4) is 0 Å². The number of nitrogen functional groups attached to an aromatic ring is 1. The summed E-state index contributed by atoms with van der Waals surface area (Å²) in [5.74, 6) is -0.469. The van der Waals surface area contributed by atoms with Crippen LogP contribution in [-0.2, 0) is 10.0 Å². The van der Waals surface area contributed by atoms with Gasteiger partial charge in [0, 0.05) is 10.2 Å². The summed E-state index contributed by atoms with van der Waals surface area (Å²) in [5.41, 5.74) is 6.66. The van der Waals surface area contributed by atoms with Crippen LogP contribution >= 0.6 is 15.9 Å². The Bertz CT molecular complexity index is 763. The SMILES string of the molecule is Cc1ccc(NS(=O)(=O)c2ccc(N)c(Br)c2)cc1F. The Morgan fingerprint density at radius 2 is 1.90 bits per heavy atom. The molecule has 2 aromatic rings. The highest BCUT2D eigenvalue weighted by molar-refractivity contribution is 9.10. The van der Waals surface area contributed by atoms with Crippen LogP contribution in [0.4, 0.5) is 15.8 Å². The van der Waals surface area contributed by atoms with Crippen molar-refractivity contribution in [2.75, 3.05) is 10.5 Å². The van der Waals surface area contributed by atoms with Gasteiger partial charge in [-0.1, -0.05) is 6.07 Å². The number of anilines is 2. The molecular weight excluding hydrogens is 347 g/mol. The third-order valence-corrected chi connectivity index (χ3v) is 4.77. The van der Waals surface area contributed by atoms with Gasteiger partial charge >= 0.3 is 0 Å². The zero-order chi connectivity index (χ0) is 14.9. The van der Waals surface area contributed by atoms with Gasteiger partial charge in [-0.3, -0.25) is 4.72 Å². The zero-order valence-electron chi connectivity index (χ0n) is 10.5. The molecule has 0 fully saturated rings. The lowest BCUT2D eigenvalue weighted by Gasteiger charge is -2.10. The van der Waals surface area contributed by atoms with E-state index in [1.54, 1.807) is 6.92 Å². The Labute approximate surface area is 125 Å². The maximum absolute atomic E-state index is 13.4. The first-order valence-electron chi connectivity index (χ1n) is 5.63. The van der Waals surface area contributed by atoms with Crippen LogP contribution < -0.4 is 10.5 Å². The Morgan fingerprint density at radius 3 is 2.50 bits per heavy atom. The molecule has 0 unspecified atom stereocenters. The van der Waals surface area contributed by atoms with E-state index in [1.165, 1.54) is 30.3 Å². The van der Waals surface area contributed by atoms with Gasteiger partial charge in [0.1, 0.15) is 5.82 Å². The van der Waals surface area contributed by atoms with Crippen molar-refractivity contribution in [2.24, 2.45) is 0 Å². The van der Waals surface area contributed by atoms with Gasteiger partial charge in [0.05, 0.1) is 10.6 Å². The topological polar surface area (TPSA) is 72.2 Å². The van der Waals surface area contributed by atoms with Crippen LogP contribution in [0.2, 0.25) is 0 Å². The first-order valence-corrected chi connectivity index (χ1v) is 7.91. The molecule has 3 N–H and O–H groups in total. The van der Waals surface area contributed by atoms with Gasteiger partial charge in [0.2, 0.25) is 0 Å². The van der Waals surface area contributed by atoms with Crippen LogP contribution in [0.15, 0.2) is 45.8 Å². The number of aryl methyl sites for hydroxylation is 1. The minimum absolute atomic E-state index is 0.0413. The Morgan fingerprint density at radius 1 is 1.20 bits per heavy atom. The van der Waals surface area contributed by atoms with E-state index in [4.69, 9.17) is 5.73 Å². The van der Waals surface area contributed by atoms with Crippen molar-refractivity contribution < 1.29 is 12.8 Å². The van der Waals surface area contributed by atoms with Crippen LogP contribution in [0.5, 0.6) is 0 Å². The molecule has 0 aromatic heterocycles. The van der Waals surface area contributed by atoms with E-state index < -0.39 is 15.8 Å². The highest BCUT2D eigenvalue weighted by atomic mass is 79.9. The van der Waals surface area contributed by atoms with E-state index in [2.05, 4.69) is 20.7 Å². The quantitative estimate of drug-likeness (QED) is 0.827. The molecule has 0 saturated heterocycles. The normalized spacial score (nSPS) is 11.3. The van der Waals surface area contributed by atoms with E-state index in [1.807, 2.05) is 0 Å². The van der Waals surface area contributed by atoms with E-state index in [0.717, 1.165) is 6.07 Å². The monoisotopic (exact) mass is 358 g/mol. The number of halogens is 2. The predicted octanol–water partition coefficient (Wildman–Crippen LogP) is 3.28. The smallest absolute Gasteiger partial charge is 0.261 e. The second-order valence-corrected chi connectivity index (χ2v) is 6.79. The summed E-state index contributed by atoms with van der Waals surface area (Å²) in [6.07, 6.45) is 0. The van der Waals surface area contributed by atoms with E-state index in [0.29, 0.717) is 15.7 Å². The molecule has 20 heavy (non-hydrogen) atoms. The third-order valence-electron chi connectivity index (χ3n) is 2.71. The van der Waals surface area contributed by atoms with Gasteiger partial charge in [-0.2, -0.15) is 0 Å². The van der Waals surface area contributed by atoms with Crippen molar-refractivity contribution in [2.45, 2.75) is 11.8 Å². The van der Waals surface area contributed by atoms with Crippen LogP contribution in [0.25, 0.3) is 0 Å². The van der Waals surface area contributed by atoms with E-state index in [9.17, 15) is 12.8 Å². The minimum atomic E-state index is -3.78. The van der Waals surface area contributed by atoms with Gasteiger partial charge in [-0.15, -0.1) is 0 Å². The number of nitrogens with two attached hydrogens (primary N) is 1. The fourth-order valence-corrected chi connectivity index (χ4v) is 3.15. The third kappa shape index (κ3) is 3.10. The molecule has 0 aliphatic heterocycles. The summed E-state index contributed by atoms with van der Waals surface area (Å²) in [6.45, 7) is 1.60. The molecule has 0 amide bonds. The molecule has 2 aromatic carbocycles. The van der Waals surface area contributed by atoms with E-state index in [-0.39, 0.29) is 10.6 Å². The van der Waals surface area contributed by atoms with Gasteiger partial charge in [0.15, 0.2) is 0 Å². The maximum atomic E-state index is 13.4. The standard InChI is InChI=1S/C13H12BrFN2O2S/c1-8-2-3-9(6-12(8)15)17-20(18,19)10-4-5-13(16)11(14)7-10/h2-7,17H,16H2,1H3. The molecular formula is C13H12BrFN2O2S. The first-order chi connectivity index (χ1) is 9.29. The average Bonchev–Trinajstić information content (AvgIpc) is 2.37. The Kier molecular flexibility index (Phi) is 4.01. The molecule has 7 heteroatoms. The van der Waals surface area contributed by atoms with Crippen LogP contribution in [-0.4, -0.2) is 8.42 Å². The van der Waals surface area contributed by atoms with Gasteiger partial charge in [-0.05, 0) is 58.7 Å². The number of rotatable bonds is 3. The fourth-order valence-electron chi connectivity index (χ4n) is 1.55. The van der Waals surface area contributed by atoms with Crippen molar-refractivity contribution in [3.05, 3.63) is 52.3 Å². The molecule has 0 aliphatic rings. The lowest BCUT2D eigenvalue weighted by Crippen LogP contribution is -2.13. The highest BCUT2D eigenvalue weighted by Crippen LogP contribution is 2.25. The van der Waals surface area contributed by atoms with Crippen molar-refractivity contribution in [3.8, 4) is 0 Å². The number of benzene rings is 2. The molecule has 0 heterocycles. The van der Waals surface area contributed by atoms with Crippen LogP contribution in [0.1, 0.15) is 5.56 Å². The van der Waals surface area contributed by atoms with Gasteiger partial charge in [-0.25, -0.2) is 12.8 Å².